The molecule has 7 heteroatoms. The Bertz CT molecular complexity index is 954. The van der Waals surface area contributed by atoms with Gasteiger partial charge in [-0.2, -0.15) is 10.2 Å². The van der Waals surface area contributed by atoms with Crippen molar-refractivity contribution in [2.45, 2.75) is 19.4 Å². The van der Waals surface area contributed by atoms with Gasteiger partial charge in [-0.05, 0) is 25.0 Å². The summed E-state index contributed by atoms with van der Waals surface area (Å²) in [6.07, 6.45) is 5.55. The third kappa shape index (κ3) is 1.84. The molecular formula is C17H15FN6. The zero-order chi connectivity index (χ0) is 16.1. The number of fused-ring (bicyclic) bond motifs is 2. The molecule has 0 saturated carbocycles. The van der Waals surface area contributed by atoms with Gasteiger partial charge in [0.2, 0.25) is 0 Å². The average molecular weight is 322 g/mol. The number of nitrogens with zero attached hydrogens (tertiary/aromatic N) is 5. The molecule has 0 spiro atoms. The first-order chi connectivity index (χ1) is 11.8. The molecule has 6 nitrogen and oxygen atoms in total. The average Bonchev–Trinajstić information content (AvgIpc) is 3.13. The van der Waals surface area contributed by atoms with Crippen molar-refractivity contribution in [2.75, 3.05) is 11.4 Å². The SMILES string of the molecule is Fc1ccccc1C1=Nc2cn[nH]c2-c2cnn3c2N1CCCC3. The summed E-state index contributed by atoms with van der Waals surface area (Å²) < 4.78 is 16.5. The van der Waals surface area contributed by atoms with Crippen LogP contribution >= 0.6 is 0 Å². The summed E-state index contributed by atoms with van der Waals surface area (Å²) in [6, 6.07) is 6.76. The Labute approximate surface area is 137 Å². The van der Waals surface area contributed by atoms with E-state index in [1.54, 1.807) is 18.3 Å². The molecule has 0 atom stereocenters. The molecule has 0 bridgehead atoms. The van der Waals surface area contributed by atoms with Crippen LogP contribution in [-0.4, -0.2) is 32.4 Å². The molecule has 24 heavy (non-hydrogen) atoms. The number of H-pyrrole nitrogens is 1. The summed E-state index contributed by atoms with van der Waals surface area (Å²) in [5.41, 5.74) is 2.98. The number of aromatic nitrogens is 4. The minimum Gasteiger partial charge on any atom is -0.310 e. The Morgan fingerprint density at radius 2 is 1.92 bits per heavy atom. The second-order valence-electron chi connectivity index (χ2n) is 6.01. The lowest BCUT2D eigenvalue weighted by Crippen LogP contribution is -2.33. The van der Waals surface area contributed by atoms with Crippen LogP contribution in [0, 0.1) is 5.82 Å². The molecule has 0 saturated heterocycles. The van der Waals surface area contributed by atoms with E-state index in [1.807, 2.05) is 16.9 Å². The van der Waals surface area contributed by atoms with Crippen molar-refractivity contribution in [3.05, 3.63) is 48.0 Å². The smallest absolute Gasteiger partial charge is 0.145 e. The van der Waals surface area contributed by atoms with Gasteiger partial charge in [0.05, 0.1) is 29.2 Å². The van der Waals surface area contributed by atoms with E-state index in [0.29, 0.717) is 17.1 Å². The normalized spacial score (nSPS) is 16.0. The molecule has 0 aliphatic carbocycles. The molecule has 2 aromatic heterocycles. The van der Waals surface area contributed by atoms with Crippen LogP contribution in [-0.2, 0) is 6.54 Å². The van der Waals surface area contributed by atoms with Crippen molar-refractivity contribution in [3.8, 4) is 11.3 Å². The fourth-order valence-electron chi connectivity index (χ4n) is 3.43. The minimum absolute atomic E-state index is 0.278. The maximum absolute atomic E-state index is 14.5. The summed E-state index contributed by atoms with van der Waals surface area (Å²) >= 11 is 0. The van der Waals surface area contributed by atoms with Crippen molar-refractivity contribution in [1.29, 1.82) is 0 Å². The number of aliphatic imine (C=N–C) groups is 1. The highest BCUT2D eigenvalue weighted by molar-refractivity contribution is 6.14. The highest BCUT2D eigenvalue weighted by Crippen LogP contribution is 2.40. The van der Waals surface area contributed by atoms with E-state index >= 15 is 0 Å². The minimum atomic E-state index is -0.278. The van der Waals surface area contributed by atoms with Crippen molar-refractivity contribution in [1.82, 2.24) is 20.0 Å². The van der Waals surface area contributed by atoms with Crippen molar-refractivity contribution in [3.63, 3.8) is 0 Å². The molecule has 0 unspecified atom stereocenters. The number of anilines is 1. The van der Waals surface area contributed by atoms with E-state index in [-0.39, 0.29) is 5.82 Å². The number of benzene rings is 1. The number of halogens is 1. The van der Waals surface area contributed by atoms with E-state index in [0.717, 1.165) is 43.0 Å². The van der Waals surface area contributed by atoms with E-state index in [2.05, 4.69) is 20.2 Å². The van der Waals surface area contributed by atoms with Crippen LogP contribution < -0.4 is 4.90 Å². The van der Waals surface area contributed by atoms with Crippen LogP contribution in [0.4, 0.5) is 15.9 Å². The number of hydrogen-bond acceptors (Lipinski definition) is 4. The van der Waals surface area contributed by atoms with E-state index < -0.39 is 0 Å². The predicted molar refractivity (Wildman–Crippen MR) is 89.0 cm³/mol. The van der Waals surface area contributed by atoms with Crippen LogP contribution in [0.3, 0.4) is 0 Å². The maximum Gasteiger partial charge on any atom is 0.145 e. The lowest BCUT2D eigenvalue weighted by Gasteiger charge is -2.24. The quantitative estimate of drug-likeness (QED) is 0.749. The fourth-order valence-corrected chi connectivity index (χ4v) is 3.43. The zero-order valence-corrected chi connectivity index (χ0v) is 12.9. The Morgan fingerprint density at radius 1 is 1.04 bits per heavy atom. The van der Waals surface area contributed by atoms with Gasteiger partial charge in [-0.1, -0.05) is 12.1 Å². The molecule has 0 fully saturated rings. The molecule has 1 aromatic carbocycles. The molecule has 4 heterocycles. The highest BCUT2D eigenvalue weighted by Gasteiger charge is 2.31. The first-order valence-corrected chi connectivity index (χ1v) is 8.03. The number of aromatic amines is 1. The predicted octanol–water partition coefficient (Wildman–Crippen LogP) is 3.10. The number of nitrogens with one attached hydrogen (secondary N) is 1. The van der Waals surface area contributed by atoms with Crippen LogP contribution in [0.15, 0.2) is 41.7 Å². The van der Waals surface area contributed by atoms with Gasteiger partial charge in [0, 0.05) is 13.1 Å². The second kappa shape index (κ2) is 5.02. The topological polar surface area (TPSA) is 62.1 Å². The summed E-state index contributed by atoms with van der Waals surface area (Å²) in [5.74, 6) is 1.29. The monoisotopic (exact) mass is 322 g/mol. The van der Waals surface area contributed by atoms with Gasteiger partial charge >= 0.3 is 0 Å². The molecule has 3 aromatic rings. The summed E-state index contributed by atoms with van der Waals surface area (Å²) in [6.45, 7) is 1.63. The van der Waals surface area contributed by atoms with Crippen molar-refractivity contribution in [2.24, 2.45) is 4.99 Å². The molecule has 2 aliphatic heterocycles. The summed E-state index contributed by atoms with van der Waals surface area (Å²) in [4.78, 5) is 6.84. The van der Waals surface area contributed by atoms with E-state index in [4.69, 9.17) is 4.99 Å². The van der Waals surface area contributed by atoms with E-state index in [1.165, 1.54) is 6.07 Å². The molecule has 5 rings (SSSR count). The Hall–Kier alpha value is -2.96. The molecule has 0 amide bonds. The van der Waals surface area contributed by atoms with Crippen molar-refractivity contribution < 1.29 is 4.39 Å². The third-order valence-corrected chi connectivity index (χ3v) is 4.55. The fraction of sp³-hybridized carbons (Fsp3) is 0.235. The van der Waals surface area contributed by atoms with Crippen LogP contribution in [0.2, 0.25) is 0 Å². The number of aryl methyl sites for hydroxylation is 1. The van der Waals surface area contributed by atoms with Crippen LogP contribution in [0.5, 0.6) is 0 Å². The number of rotatable bonds is 1. The lowest BCUT2D eigenvalue weighted by atomic mass is 10.1. The number of hydrogen-bond donors (Lipinski definition) is 1. The summed E-state index contributed by atoms with van der Waals surface area (Å²) in [5, 5.41) is 11.7. The molecular weight excluding hydrogens is 307 g/mol. The first kappa shape index (κ1) is 13.5. The molecule has 2 aliphatic rings. The Kier molecular flexibility index (Phi) is 2.82. The van der Waals surface area contributed by atoms with Gasteiger partial charge in [-0.3, -0.25) is 5.10 Å². The summed E-state index contributed by atoms with van der Waals surface area (Å²) in [7, 11) is 0. The van der Waals surface area contributed by atoms with Crippen LogP contribution in [0.1, 0.15) is 18.4 Å². The Morgan fingerprint density at radius 3 is 2.83 bits per heavy atom. The first-order valence-electron chi connectivity index (χ1n) is 8.03. The van der Waals surface area contributed by atoms with Gasteiger partial charge in [-0.15, -0.1) is 0 Å². The van der Waals surface area contributed by atoms with Crippen molar-refractivity contribution >= 4 is 17.3 Å². The Balaban J connectivity index is 1.82. The van der Waals surface area contributed by atoms with Gasteiger partial charge in [0.15, 0.2) is 0 Å². The third-order valence-electron chi connectivity index (χ3n) is 4.55. The molecule has 120 valence electrons. The number of amidine groups is 1. The largest absolute Gasteiger partial charge is 0.310 e. The second-order valence-corrected chi connectivity index (χ2v) is 6.01. The lowest BCUT2D eigenvalue weighted by molar-refractivity contribution is 0.593. The zero-order valence-electron chi connectivity index (χ0n) is 12.9. The maximum atomic E-state index is 14.5. The van der Waals surface area contributed by atoms with E-state index in [9.17, 15) is 4.39 Å². The van der Waals surface area contributed by atoms with Gasteiger partial charge < -0.3 is 4.90 Å². The van der Waals surface area contributed by atoms with Gasteiger partial charge in [0.1, 0.15) is 23.2 Å². The van der Waals surface area contributed by atoms with Crippen LogP contribution in [0.25, 0.3) is 11.3 Å². The van der Waals surface area contributed by atoms with Gasteiger partial charge in [0.25, 0.3) is 0 Å². The molecule has 1 N–H and O–H groups in total. The standard InChI is InChI=1S/C17H15FN6/c18-13-6-2-1-5-11(13)16-21-14-10-19-22-15(14)12-9-20-24-8-4-3-7-23(16)17(12)24/h1-2,5-6,9-10H,3-4,7-8H2,(H,19,22). The molecule has 0 radical (unpaired) electrons. The highest BCUT2D eigenvalue weighted by atomic mass is 19.1. The van der Waals surface area contributed by atoms with Gasteiger partial charge in [-0.25, -0.2) is 14.1 Å².